The molecule has 3 N–H and O–H groups in total. The number of carboxylic acid groups (broad SMARTS) is 1. The van der Waals surface area contributed by atoms with Gasteiger partial charge in [-0.15, -0.1) is 0 Å². The molecule has 1 aliphatic rings. The van der Waals surface area contributed by atoms with Gasteiger partial charge in [-0.1, -0.05) is 48.5 Å². The van der Waals surface area contributed by atoms with E-state index in [-0.39, 0.29) is 31.9 Å². The maximum absolute atomic E-state index is 12.9. The SMILES string of the molecule is O=C(O)CC[C@H](NC(=O)CCCNC(=O)OCC1c2ccccc2-c2ccccc21)C(F)(F)F. The highest BCUT2D eigenvalue weighted by atomic mass is 19.4. The van der Waals surface area contributed by atoms with E-state index in [2.05, 4.69) is 5.32 Å². The number of carboxylic acids is 1. The predicted molar refractivity (Wildman–Crippen MR) is 117 cm³/mol. The van der Waals surface area contributed by atoms with Gasteiger partial charge in [0.1, 0.15) is 12.6 Å². The van der Waals surface area contributed by atoms with E-state index in [0.29, 0.717) is 0 Å². The smallest absolute Gasteiger partial charge is 0.408 e. The van der Waals surface area contributed by atoms with Crippen molar-refractivity contribution in [1.29, 1.82) is 0 Å². The van der Waals surface area contributed by atoms with E-state index in [0.717, 1.165) is 22.3 Å². The van der Waals surface area contributed by atoms with E-state index >= 15 is 0 Å². The van der Waals surface area contributed by atoms with E-state index in [4.69, 9.17) is 9.84 Å². The van der Waals surface area contributed by atoms with Crippen LogP contribution >= 0.6 is 0 Å². The lowest BCUT2D eigenvalue weighted by molar-refractivity contribution is -0.164. The van der Waals surface area contributed by atoms with Crippen molar-refractivity contribution in [2.75, 3.05) is 13.2 Å². The number of ether oxygens (including phenoxy) is 1. The molecule has 10 heteroatoms. The average Bonchev–Trinajstić information content (AvgIpc) is 3.11. The van der Waals surface area contributed by atoms with E-state index in [1.54, 1.807) is 0 Å². The number of hydrogen-bond acceptors (Lipinski definition) is 4. The first-order valence-electron chi connectivity index (χ1n) is 10.8. The van der Waals surface area contributed by atoms with Gasteiger partial charge in [-0.3, -0.25) is 9.59 Å². The van der Waals surface area contributed by atoms with Crippen LogP contribution in [0, 0.1) is 0 Å². The Balaban J connectivity index is 1.41. The minimum absolute atomic E-state index is 0.0376. The number of carbonyl (C=O) groups is 3. The number of hydrogen-bond donors (Lipinski definition) is 3. The molecule has 2 aromatic carbocycles. The number of benzene rings is 2. The zero-order valence-corrected chi connectivity index (χ0v) is 18.2. The summed E-state index contributed by atoms with van der Waals surface area (Å²) in [5.41, 5.74) is 4.32. The minimum Gasteiger partial charge on any atom is -0.481 e. The normalized spacial score (nSPS) is 13.5. The molecule has 0 aliphatic heterocycles. The fourth-order valence-electron chi connectivity index (χ4n) is 3.94. The second-order valence-corrected chi connectivity index (χ2v) is 7.95. The van der Waals surface area contributed by atoms with Crippen molar-refractivity contribution >= 4 is 18.0 Å². The van der Waals surface area contributed by atoms with Crippen LogP contribution in [0.2, 0.25) is 0 Å². The highest BCUT2D eigenvalue weighted by Gasteiger charge is 2.40. The third-order valence-electron chi connectivity index (χ3n) is 5.57. The van der Waals surface area contributed by atoms with Gasteiger partial charge in [0.15, 0.2) is 0 Å². The molecule has 7 nitrogen and oxygen atoms in total. The molecule has 0 saturated heterocycles. The number of alkyl halides is 3. The van der Waals surface area contributed by atoms with Gasteiger partial charge in [-0.25, -0.2) is 4.79 Å². The second kappa shape index (κ2) is 11.0. The number of alkyl carbamates (subject to hydrolysis) is 1. The molecule has 1 aliphatic carbocycles. The zero-order chi connectivity index (χ0) is 24.7. The molecule has 0 aromatic heterocycles. The Kier molecular flexibility index (Phi) is 8.14. The third kappa shape index (κ3) is 6.49. The summed E-state index contributed by atoms with van der Waals surface area (Å²) in [6.07, 6.45) is -7.05. The van der Waals surface area contributed by atoms with Crippen molar-refractivity contribution in [3.63, 3.8) is 0 Å². The Hall–Kier alpha value is -3.56. The average molecular weight is 478 g/mol. The molecule has 2 aromatic rings. The molecular formula is C24H25F3N2O5. The molecule has 0 heterocycles. The van der Waals surface area contributed by atoms with Crippen LogP contribution < -0.4 is 10.6 Å². The van der Waals surface area contributed by atoms with Crippen LogP contribution in [0.4, 0.5) is 18.0 Å². The molecule has 2 amide bonds. The van der Waals surface area contributed by atoms with Crippen LogP contribution in [0.15, 0.2) is 48.5 Å². The lowest BCUT2D eigenvalue weighted by Gasteiger charge is -2.21. The standard InChI is InChI=1S/C24H25F3N2O5/c25-24(26,27)20(11-12-22(31)32)29-21(30)10-5-13-28-23(33)34-14-19-17-8-3-1-6-15(17)16-7-2-4-9-18(16)19/h1-4,6-9,19-20H,5,10-14H2,(H,28,33)(H,29,30)(H,31,32)/t20-/m0/s1. The van der Waals surface area contributed by atoms with Gasteiger partial charge in [-0.05, 0) is 35.1 Å². The van der Waals surface area contributed by atoms with Crippen LogP contribution in [0.1, 0.15) is 42.7 Å². The molecule has 0 bridgehead atoms. The number of fused-ring (bicyclic) bond motifs is 3. The van der Waals surface area contributed by atoms with Crippen molar-refractivity contribution in [2.24, 2.45) is 0 Å². The van der Waals surface area contributed by atoms with Crippen LogP contribution in [0.3, 0.4) is 0 Å². The molecule has 34 heavy (non-hydrogen) atoms. The Morgan fingerprint density at radius 2 is 1.56 bits per heavy atom. The number of carbonyl (C=O) groups excluding carboxylic acids is 2. The van der Waals surface area contributed by atoms with Crippen LogP contribution in [-0.4, -0.2) is 48.4 Å². The summed E-state index contributed by atoms with van der Waals surface area (Å²) in [5.74, 6) is -2.35. The lowest BCUT2D eigenvalue weighted by Crippen LogP contribution is -2.45. The molecule has 3 rings (SSSR count). The van der Waals surface area contributed by atoms with Gasteiger partial charge in [0.05, 0.1) is 0 Å². The lowest BCUT2D eigenvalue weighted by atomic mass is 9.98. The molecular weight excluding hydrogens is 453 g/mol. The van der Waals surface area contributed by atoms with Crippen molar-refractivity contribution in [3.8, 4) is 11.1 Å². The van der Waals surface area contributed by atoms with Gasteiger partial charge in [-0.2, -0.15) is 13.2 Å². The maximum Gasteiger partial charge on any atom is 0.408 e. The van der Waals surface area contributed by atoms with Gasteiger partial charge < -0.3 is 20.5 Å². The summed E-state index contributed by atoms with van der Waals surface area (Å²) in [6, 6.07) is 13.5. The maximum atomic E-state index is 12.9. The van der Waals surface area contributed by atoms with Gasteiger partial charge >= 0.3 is 18.2 Å². The molecule has 0 spiro atoms. The monoisotopic (exact) mass is 478 g/mol. The second-order valence-electron chi connectivity index (χ2n) is 7.95. The summed E-state index contributed by atoms with van der Waals surface area (Å²) in [4.78, 5) is 34.4. The molecule has 182 valence electrons. The van der Waals surface area contributed by atoms with Crippen molar-refractivity contribution < 1.29 is 37.4 Å². The van der Waals surface area contributed by atoms with Crippen molar-refractivity contribution in [3.05, 3.63) is 59.7 Å². The fraction of sp³-hybridized carbons (Fsp3) is 0.375. The number of rotatable bonds is 10. The van der Waals surface area contributed by atoms with Gasteiger partial charge in [0.25, 0.3) is 0 Å². The first-order valence-corrected chi connectivity index (χ1v) is 10.8. The molecule has 1 atom stereocenters. The zero-order valence-electron chi connectivity index (χ0n) is 18.2. The predicted octanol–water partition coefficient (Wildman–Crippen LogP) is 4.22. The number of nitrogens with one attached hydrogen (secondary N) is 2. The van der Waals surface area contributed by atoms with E-state index < -0.39 is 43.0 Å². The molecule has 0 radical (unpaired) electrons. The summed E-state index contributed by atoms with van der Waals surface area (Å²) in [6.45, 7) is 0.160. The first kappa shape index (κ1) is 25.1. The minimum atomic E-state index is -4.75. The molecule has 0 unspecified atom stereocenters. The van der Waals surface area contributed by atoms with E-state index in [9.17, 15) is 27.6 Å². The van der Waals surface area contributed by atoms with Gasteiger partial charge in [0, 0.05) is 25.3 Å². The van der Waals surface area contributed by atoms with E-state index in [1.165, 1.54) is 0 Å². The molecule has 0 saturated carbocycles. The van der Waals surface area contributed by atoms with E-state index in [1.807, 2.05) is 53.8 Å². The Bertz CT molecular complexity index is 996. The van der Waals surface area contributed by atoms with Crippen LogP contribution in [0.25, 0.3) is 11.1 Å². The Morgan fingerprint density at radius 3 is 2.12 bits per heavy atom. The quantitative estimate of drug-likeness (QED) is 0.444. The first-order chi connectivity index (χ1) is 16.2. The number of halogens is 3. The summed E-state index contributed by atoms with van der Waals surface area (Å²) < 4.78 is 44.2. The topological polar surface area (TPSA) is 105 Å². The highest BCUT2D eigenvalue weighted by Crippen LogP contribution is 2.44. The van der Waals surface area contributed by atoms with Crippen molar-refractivity contribution in [1.82, 2.24) is 10.6 Å². The summed E-state index contributed by atoms with van der Waals surface area (Å²) >= 11 is 0. The summed E-state index contributed by atoms with van der Waals surface area (Å²) in [7, 11) is 0. The number of aliphatic carboxylic acids is 1. The van der Waals surface area contributed by atoms with Crippen molar-refractivity contribution in [2.45, 2.75) is 43.8 Å². The largest absolute Gasteiger partial charge is 0.481 e. The highest BCUT2D eigenvalue weighted by molar-refractivity contribution is 5.79. The third-order valence-corrected chi connectivity index (χ3v) is 5.57. The van der Waals surface area contributed by atoms with Crippen LogP contribution in [-0.2, 0) is 14.3 Å². The molecule has 0 fully saturated rings. The fourth-order valence-corrected chi connectivity index (χ4v) is 3.94. The Labute approximate surface area is 194 Å². The number of amides is 2. The van der Waals surface area contributed by atoms with Gasteiger partial charge in [0.2, 0.25) is 5.91 Å². The summed E-state index contributed by atoms with van der Waals surface area (Å²) in [5, 5.41) is 12.9. The Morgan fingerprint density at radius 1 is 0.971 bits per heavy atom. The van der Waals surface area contributed by atoms with Crippen LogP contribution in [0.5, 0.6) is 0 Å².